The van der Waals surface area contributed by atoms with Crippen molar-refractivity contribution in [3.05, 3.63) is 29.3 Å². The minimum Gasteiger partial charge on any atom is -0.478 e. The second-order valence-corrected chi connectivity index (χ2v) is 6.26. The molecule has 0 aliphatic carbocycles. The van der Waals surface area contributed by atoms with E-state index in [1.54, 1.807) is 0 Å². The molecule has 0 radical (unpaired) electrons. The van der Waals surface area contributed by atoms with Crippen LogP contribution >= 0.6 is 0 Å². The third-order valence-electron chi connectivity index (χ3n) is 3.26. The molecule has 0 bridgehead atoms. The topological polar surface area (TPSA) is 129 Å². The zero-order valence-electron chi connectivity index (χ0n) is 10.9. The van der Waals surface area contributed by atoms with Crippen molar-refractivity contribution in [3.8, 4) is 0 Å². The number of carbonyl (C=O) groups is 3. The van der Waals surface area contributed by atoms with Gasteiger partial charge in [0, 0.05) is 18.7 Å². The van der Waals surface area contributed by atoms with E-state index in [1.807, 2.05) is 0 Å². The van der Waals surface area contributed by atoms with Crippen LogP contribution in [-0.4, -0.2) is 48.3 Å². The number of carbonyl (C=O) groups excluding carboxylic acids is 1. The molecule has 10 heteroatoms. The van der Waals surface area contributed by atoms with Crippen LogP contribution in [0.3, 0.4) is 0 Å². The van der Waals surface area contributed by atoms with Crippen LogP contribution in [0.15, 0.2) is 18.2 Å². The van der Waals surface area contributed by atoms with Gasteiger partial charge in [-0.05, 0) is 18.2 Å². The Kier molecular flexibility index (Phi) is 3.88. The van der Waals surface area contributed by atoms with Crippen LogP contribution in [0, 0.1) is 0 Å². The maximum Gasteiger partial charge on any atom is 0.336 e. The average molecular weight is 331 g/mol. The lowest BCUT2D eigenvalue weighted by Crippen LogP contribution is -2.27. The summed E-state index contributed by atoms with van der Waals surface area (Å²) >= 11 is 0. The second kappa shape index (κ2) is 5.37. The Morgan fingerprint density at radius 2 is 1.77 bits per heavy atom. The highest BCUT2D eigenvalue weighted by Crippen LogP contribution is 2.27. The summed E-state index contributed by atoms with van der Waals surface area (Å²) in [5, 5.41) is 16.4. The summed E-state index contributed by atoms with van der Waals surface area (Å²) in [5.41, 5.74) is -1.03. The molecule has 0 spiro atoms. The summed E-state index contributed by atoms with van der Waals surface area (Å²) in [4.78, 5) is 34.7. The van der Waals surface area contributed by atoms with Crippen molar-refractivity contribution in [2.75, 3.05) is 11.4 Å². The number of nitrogens with zero attached hydrogens (tertiary/aromatic N) is 1. The maximum absolute atomic E-state index is 13.0. The largest absolute Gasteiger partial charge is 0.478 e. The predicted octanol–water partition coefficient (Wildman–Crippen LogP) is 0.488. The number of halogens is 1. The van der Waals surface area contributed by atoms with Gasteiger partial charge in [0.1, 0.15) is 5.25 Å². The van der Waals surface area contributed by atoms with Gasteiger partial charge in [0.2, 0.25) is 5.91 Å². The standard InChI is InChI=1S/C12H10FNO7S/c13-22(20,21)7-4-10(15)14(5-7)6-1-2-8(11(16)17)9(3-6)12(18)19/h1-3,7H,4-5H2,(H,16,17)(H,18,19). The Morgan fingerprint density at radius 1 is 1.18 bits per heavy atom. The highest BCUT2D eigenvalue weighted by Gasteiger charge is 2.39. The Labute approximate surface area is 124 Å². The Balaban J connectivity index is 2.42. The van der Waals surface area contributed by atoms with Crippen LogP contribution in [0.1, 0.15) is 27.1 Å². The van der Waals surface area contributed by atoms with Crippen LogP contribution in [0.4, 0.5) is 9.57 Å². The molecule has 22 heavy (non-hydrogen) atoms. The fraction of sp³-hybridized carbons (Fsp3) is 0.250. The first-order valence-corrected chi connectivity index (χ1v) is 7.40. The van der Waals surface area contributed by atoms with Crippen molar-refractivity contribution in [1.29, 1.82) is 0 Å². The molecule has 2 N–H and O–H groups in total. The van der Waals surface area contributed by atoms with Crippen LogP contribution < -0.4 is 4.90 Å². The number of hydrogen-bond donors (Lipinski definition) is 2. The smallest absolute Gasteiger partial charge is 0.336 e. The number of carboxylic acids is 2. The fourth-order valence-electron chi connectivity index (χ4n) is 2.18. The van der Waals surface area contributed by atoms with Crippen LogP contribution in [0.2, 0.25) is 0 Å². The summed E-state index contributed by atoms with van der Waals surface area (Å²) in [6.07, 6.45) is -0.554. The first-order valence-electron chi connectivity index (χ1n) is 5.95. The molecule has 0 aromatic heterocycles. The molecular weight excluding hydrogens is 321 g/mol. The Bertz CT molecular complexity index is 774. The van der Waals surface area contributed by atoms with Gasteiger partial charge in [0.05, 0.1) is 11.1 Å². The number of amides is 1. The quantitative estimate of drug-likeness (QED) is 0.768. The minimum absolute atomic E-state index is 0.00134. The fourth-order valence-corrected chi connectivity index (χ4v) is 2.85. The van der Waals surface area contributed by atoms with Gasteiger partial charge in [-0.2, -0.15) is 8.42 Å². The zero-order chi connectivity index (χ0) is 16.7. The lowest BCUT2D eigenvalue weighted by Gasteiger charge is -2.17. The van der Waals surface area contributed by atoms with Crippen LogP contribution in [0.25, 0.3) is 0 Å². The second-order valence-electron chi connectivity index (χ2n) is 4.65. The highest BCUT2D eigenvalue weighted by atomic mass is 32.3. The third kappa shape index (κ3) is 2.91. The molecule has 1 amide bonds. The highest BCUT2D eigenvalue weighted by molar-refractivity contribution is 7.87. The normalized spacial score (nSPS) is 18.5. The molecule has 1 unspecified atom stereocenters. The summed E-state index contributed by atoms with van der Waals surface area (Å²) in [5.74, 6) is -3.66. The van der Waals surface area contributed by atoms with Crippen molar-refractivity contribution >= 4 is 33.8 Å². The number of rotatable bonds is 4. The summed E-state index contributed by atoms with van der Waals surface area (Å²) in [6, 6.07) is 3.10. The Morgan fingerprint density at radius 3 is 2.23 bits per heavy atom. The van der Waals surface area contributed by atoms with E-state index in [9.17, 15) is 26.7 Å². The van der Waals surface area contributed by atoms with Crippen molar-refractivity contribution < 1.29 is 36.9 Å². The van der Waals surface area contributed by atoms with E-state index >= 15 is 0 Å². The molecule has 1 aliphatic heterocycles. The van der Waals surface area contributed by atoms with Gasteiger partial charge in [0.25, 0.3) is 0 Å². The van der Waals surface area contributed by atoms with Gasteiger partial charge in [-0.1, -0.05) is 0 Å². The molecule has 2 rings (SSSR count). The van der Waals surface area contributed by atoms with Crippen molar-refractivity contribution in [3.63, 3.8) is 0 Å². The Hall–Kier alpha value is -2.49. The van der Waals surface area contributed by atoms with E-state index in [2.05, 4.69) is 0 Å². The summed E-state index contributed by atoms with van der Waals surface area (Å²) in [6.45, 7) is -0.455. The summed E-state index contributed by atoms with van der Waals surface area (Å²) in [7, 11) is -4.90. The van der Waals surface area contributed by atoms with E-state index in [1.165, 1.54) is 6.07 Å². The van der Waals surface area contributed by atoms with Gasteiger partial charge in [-0.3, -0.25) is 4.79 Å². The molecule has 118 valence electrons. The minimum atomic E-state index is -4.90. The molecule has 1 saturated heterocycles. The lowest BCUT2D eigenvalue weighted by atomic mass is 10.1. The van der Waals surface area contributed by atoms with Gasteiger partial charge in [0.15, 0.2) is 0 Å². The van der Waals surface area contributed by atoms with Crippen molar-refractivity contribution in [2.24, 2.45) is 0 Å². The molecule has 1 fully saturated rings. The van der Waals surface area contributed by atoms with E-state index in [4.69, 9.17) is 10.2 Å². The molecular formula is C12H10FNO7S. The molecule has 8 nitrogen and oxygen atoms in total. The monoisotopic (exact) mass is 331 g/mol. The zero-order valence-corrected chi connectivity index (χ0v) is 11.7. The first kappa shape index (κ1) is 15.9. The molecule has 1 aliphatic rings. The van der Waals surface area contributed by atoms with Crippen molar-refractivity contribution in [1.82, 2.24) is 0 Å². The van der Waals surface area contributed by atoms with Crippen molar-refractivity contribution in [2.45, 2.75) is 11.7 Å². The van der Waals surface area contributed by atoms with Gasteiger partial charge >= 0.3 is 22.2 Å². The number of anilines is 1. The molecule has 1 aromatic carbocycles. The first-order chi connectivity index (χ1) is 10.1. The van der Waals surface area contributed by atoms with E-state index < -0.39 is 57.4 Å². The summed E-state index contributed by atoms with van der Waals surface area (Å²) < 4.78 is 34.7. The van der Waals surface area contributed by atoms with Gasteiger partial charge in [-0.25, -0.2) is 9.59 Å². The van der Waals surface area contributed by atoms with Crippen LogP contribution in [0.5, 0.6) is 0 Å². The molecule has 1 aromatic rings. The number of carboxylic acid groups (broad SMARTS) is 2. The van der Waals surface area contributed by atoms with Crippen LogP contribution in [-0.2, 0) is 15.0 Å². The number of benzene rings is 1. The maximum atomic E-state index is 13.0. The average Bonchev–Trinajstić information content (AvgIpc) is 2.80. The SMILES string of the molecule is O=C(O)c1ccc(N2CC(S(=O)(=O)F)CC2=O)cc1C(=O)O. The van der Waals surface area contributed by atoms with E-state index in [-0.39, 0.29) is 5.69 Å². The van der Waals surface area contributed by atoms with Gasteiger partial charge < -0.3 is 15.1 Å². The van der Waals surface area contributed by atoms with E-state index in [0.717, 1.165) is 17.0 Å². The molecule has 0 saturated carbocycles. The van der Waals surface area contributed by atoms with E-state index in [0.29, 0.717) is 0 Å². The number of hydrogen-bond acceptors (Lipinski definition) is 5. The predicted molar refractivity (Wildman–Crippen MR) is 71.1 cm³/mol. The number of aromatic carboxylic acids is 2. The molecule has 1 atom stereocenters. The molecule has 1 heterocycles. The lowest BCUT2D eigenvalue weighted by molar-refractivity contribution is -0.117. The third-order valence-corrected chi connectivity index (χ3v) is 4.38. The van der Waals surface area contributed by atoms with Gasteiger partial charge in [-0.15, -0.1) is 3.89 Å².